The highest BCUT2D eigenvalue weighted by molar-refractivity contribution is 5.93. The van der Waals surface area contributed by atoms with Crippen molar-refractivity contribution in [2.45, 2.75) is 33.1 Å². The first-order valence-electron chi connectivity index (χ1n) is 8.03. The van der Waals surface area contributed by atoms with Gasteiger partial charge >= 0.3 is 5.97 Å². The summed E-state index contributed by atoms with van der Waals surface area (Å²) < 4.78 is 5.08. The normalized spacial score (nSPS) is 11.6. The third-order valence-corrected chi connectivity index (χ3v) is 3.86. The van der Waals surface area contributed by atoms with Crippen LogP contribution in [0, 0.1) is 13.8 Å². The summed E-state index contributed by atoms with van der Waals surface area (Å²) in [5.41, 5.74) is 3.92. The monoisotopic (exact) mass is 325 g/mol. The van der Waals surface area contributed by atoms with Gasteiger partial charge in [-0.2, -0.15) is 0 Å². The van der Waals surface area contributed by atoms with Crippen molar-refractivity contribution in [3.63, 3.8) is 0 Å². The molecule has 0 saturated carbocycles. The molecule has 0 aliphatic heterocycles. The van der Waals surface area contributed by atoms with Crippen LogP contribution in [-0.2, 0) is 14.3 Å². The Morgan fingerprint density at radius 3 is 2.46 bits per heavy atom. The number of ether oxygens (including phenoxy) is 1. The van der Waals surface area contributed by atoms with E-state index in [1.807, 2.05) is 69.3 Å². The summed E-state index contributed by atoms with van der Waals surface area (Å²) in [6.07, 6.45) is 0.251. The van der Waals surface area contributed by atoms with E-state index in [9.17, 15) is 9.59 Å². The molecule has 4 nitrogen and oxygen atoms in total. The topological polar surface area (TPSA) is 55.4 Å². The van der Waals surface area contributed by atoms with E-state index in [1.165, 1.54) is 0 Å². The number of anilines is 1. The van der Waals surface area contributed by atoms with Crippen molar-refractivity contribution in [2.24, 2.45) is 0 Å². The molecule has 0 radical (unpaired) electrons. The molecule has 0 aliphatic carbocycles. The fourth-order valence-electron chi connectivity index (χ4n) is 2.49. The molecule has 4 heteroatoms. The molecule has 1 atom stereocenters. The van der Waals surface area contributed by atoms with E-state index in [0.29, 0.717) is 0 Å². The molecule has 0 fully saturated rings. The van der Waals surface area contributed by atoms with Crippen molar-refractivity contribution >= 4 is 17.6 Å². The van der Waals surface area contributed by atoms with E-state index in [2.05, 4.69) is 5.32 Å². The van der Waals surface area contributed by atoms with Crippen molar-refractivity contribution in [1.82, 2.24) is 0 Å². The van der Waals surface area contributed by atoms with Gasteiger partial charge in [-0.15, -0.1) is 0 Å². The van der Waals surface area contributed by atoms with Gasteiger partial charge in [-0.3, -0.25) is 9.59 Å². The molecule has 0 aliphatic rings. The highest BCUT2D eigenvalue weighted by atomic mass is 16.5. The number of amides is 1. The average molecular weight is 325 g/mol. The summed E-state index contributed by atoms with van der Waals surface area (Å²) in [7, 11) is 0. The Hall–Kier alpha value is -2.62. The summed E-state index contributed by atoms with van der Waals surface area (Å²) in [5.74, 6) is -0.647. The molecule has 0 aromatic heterocycles. The predicted molar refractivity (Wildman–Crippen MR) is 95.0 cm³/mol. The van der Waals surface area contributed by atoms with Gasteiger partial charge in [-0.25, -0.2) is 0 Å². The summed E-state index contributed by atoms with van der Waals surface area (Å²) in [6.45, 7) is 5.62. The minimum Gasteiger partial charge on any atom is -0.456 e. The fourth-order valence-corrected chi connectivity index (χ4v) is 2.49. The molecule has 0 saturated heterocycles. The Morgan fingerprint density at radius 2 is 1.79 bits per heavy atom. The average Bonchev–Trinajstić information content (AvgIpc) is 2.56. The summed E-state index contributed by atoms with van der Waals surface area (Å²) in [6, 6.07) is 15.5. The van der Waals surface area contributed by atoms with Gasteiger partial charge in [0.15, 0.2) is 6.61 Å². The minimum absolute atomic E-state index is 0.0566. The number of carbonyl (C=O) groups is 2. The van der Waals surface area contributed by atoms with Crippen LogP contribution in [0.25, 0.3) is 0 Å². The molecule has 24 heavy (non-hydrogen) atoms. The first kappa shape index (κ1) is 17.7. The molecular formula is C20H23NO3. The third-order valence-electron chi connectivity index (χ3n) is 3.86. The third kappa shape index (κ3) is 5.23. The molecule has 1 N–H and O–H groups in total. The number of carbonyl (C=O) groups excluding carboxylic acids is 2. The lowest BCUT2D eigenvalue weighted by Gasteiger charge is -2.12. The van der Waals surface area contributed by atoms with Crippen LogP contribution in [-0.4, -0.2) is 18.5 Å². The number of hydrogen-bond donors (Lipinski definition) is 1. The van der Waals surface area contributed by atoms with Gasteiger partial charge < -0.3 is 10.1 Å². The Kier molecular flexibility index (Phi) is 6.13. The van der Waals surface area contributed by atoms with Gasteiger partial charge in [0.1, 0.15) is 0 Å². The molecule has 0 heterocycles. The number of benzene rings is 2. The van der Waals surface area contributed by atoms with Crippen molar-refractivity contribution in [3.05, 3.63) is 65.2 Å². The van der Waals surface area contributed by atoms with Crippen LogP contribution in [0.5, 0.6) is 0 Å². The molecule has 2 aromatic rings. The fraction of sp³-hybridized carbons (Fsp3) is 0.300. The van der Waals surface area contributed by atoms with E-state index in [-0.39, 0.29) is 30.8 Å². The lowest BCUT2D eigenvalue weighted by atomic mass is 9.98. The highest BCUT2D eigenvalue weighted by Gasteiger charge is 2.14. The lowest BCUT2D eigenvalue weighted by Crippen LogP contribution is -2.21. The first-order chi connectivity index (χ1) is 11.5. The second-order valence-corrected chi connectivity index (χ2v) is 6.04. The van der Waals surface area contributed by atoms with Crippen molar-refractivity contribution < 1.29 is 14.3 Å². The first-order valence-corrected chi connectivity index (χ1v) is 8.03. The smallest absolute Gasteiger partial charge is 0.306 e. The molecule has 0 spiro atoms. The zero-order valence-electron chi connectivity index (χ0n) is 14.3. The Labute approximate surface area is 142 Å². The quantitative estimate of drug-likeness (QED) is 0.817. The summed E-state index contributed by atoms with van der Waals surface area (Å²) in [5, 5.41) is 2.76. The lowest BCUT2D eigenvalue weighted by molar-refractivity contribution is -0.147. The second kappa shape index (κ2) is 8.29. The molecule has 2 rings (SSSR count). The maximum atomic E-state index is 11.9. The minimum atomic E-state index is -0.373. The number of aryl methyl sites for hydroxylation is 2. The summed E-state index contributed by atoms with van der Waals surface area (Å²) >= 11 is 0. The van der Waals surface area contributed by atoms with Crippen LogP contribution in [0.2, 0.25) is 0 Å². The number of esters is 1. The highest BCUT2D eigenvalue weighted by Crippen LogP contribution is 2.19. The van der Waals surface area contributed by atoms with Crippen LogP contribution in [0.15, 0.2) is 48.5 Å². The van der Waals surface area contributed by atoms with Gasteiger partial charge in [-0.1, -0.05) is 55.0 Å². The zero-order chi connectivity index (χ0) is 17.5. The van der Waals surface area contributed by atoms with E-state index >= 15 is 0 Å². The van der Waals surface area contributed by atoms with Gasteiger partial charge in [0.05, 0.1) is 6.42 Å². The van der Waals surface area contributed by atoms with E-state index in [0.717, 1.165) is 22.4 Å². The molecule has 2 aromatic carbocycles. The molecule has 0 bridgehead atoms. The van der Waals surface area contributed by atoms with E-state index < -0.39 is 0 Å². The molecule has 1 amide bonds. The molecular weight excluding hydrogens is 302 g/mol. The maximum absolute atomic E-state index is 11.9. The standard InChI is InChI=1S/C20H23NO3/c1-14-9-10-18(16(3)11-14)21-19(22)13-24-20(23)12-15(2)17-7-5-4-6-8-17/h4-11,15H,12-13H2,1-3H3,(H,21,22)/t15-/m0/s1. The van der Waals surface area contributed by atoms with Crippen LogP contribution in [0.3, 0.4) is 0 Å². The molecule has 0 unspecified atom stereocenters. The van der Waals surface area contributed by atoms with Gasteiger partial charge in [0, 0.05) is 5.69 Å². The van der Waals surface area contributed by atoms with Crippen molar-refractivity contribution in [2.75, 3.05) is 11.9 Å². The van der Waals surface area contributed by atoms with Crippen molar-refractivity contribution in [3.8, 4) is 0 Å². The SMILES string of the molecule is Cc1ccc(NC(=O)COC(=O)C[C@H](C)c2ccccc2)c(C)c1. The van der Waals surface area contributed by atoms with Gasteiger partial charge in [0.25, 0.3) is 5.91 Å². The zero-order valence-corrected chi connectivity index (χ0v) is 14.3. The number of nitrogens with one attached hydrogen (secondary N) is 1. The Bertz CT molecular complexity index is 710. The van der Waals surface area contributed by atoms with Crippen LogP contribution in [0.4, 0.5) is 5.69 Å². The largest absolute Gasteiger partial charge is 0.456 e. The maximum Gasteiger partial charge on any atom is 0.306 e. The van der Waals surface area contributed by atoms with Gasteiger partial charge in [0.2, 0.25) is 0 Å². The van der Waals surface area contributed by atoms with Crippen LogP contribution >= 0.6 is 0 Å². The second-order valence-electron chi connectivity index (χ2n) is 6.04. The Balaban J connectivity index is 1.80. The summed E-state index contributed by atoms with van der Waals surface area (Å²) in [4.78, 5) is 23.8. The van der Waals surface area contributed by atoms with E-state index in [4.69, 9.17) is 4.74 Å². The van der Waals surface area contributed by atoms with E-state index in [1.54, 1.807) is 0 Å². The van der Waals surface area contributed by atoms with Gasteiger partial charge in [-0.05, 0) is 37.0 Å². The predicted octanol–water partition coefficient (Wildman–Crippen LogP) is 3.98. The molecule has 126 valence electrons. The van der Waals surface area contributed by atoms with Crippen LogP contribution in [0.1, 0.15) is 36.0 Å². The van der Waals surface area contributed by atoms with Crippen molar-refractivity contribution in [1.29, 1.82) is 0 Å². The number of hydrogen-bond acceptors (Lipinski definition) is 3. The van der Waals surface area contributed by atoms with Crippen LogP contribution < -0.4 is 5.32 Å². The Morgan fingerprint density at radius 1 is 1.08 bits per heavy atom. The number of rotatable bonds is 6.